The number of nitriles is 1. The van der Waals surface area contributed by atoms with Crippen molar-refractivity contribution in [3.8, 4) is 11.8 Å². The number of nitro benzene ring substituents is 1. The zero-order chi connectivity index (χ0) is 22.9. The number of nitrogens with one attached hydrogen (secondary N) is 2. The number of non-ortho nitro benzene ring substituents is 1. The van der Waals surface area contributed by atoms with Gasteiger partial charge >= 0.3 is 0 Å². The van der Waals surface area contributed by atoms with E-state index in [0.29, 0.717) is 5.69 Å². The fraction of sp³-hybridized carbons (Fsp3) is 0.0833. The summed E-state index contributed by atoms with van der Waals surface area (Å²) in [4.78, 5) is 23.3. The number of ether oxygens (including phenoxy) is 1. The molecule has 3 aromatic carbocycles. The SMILES string of the molecule is COc1cc([N+](=O)[O-])ccc1N/C=C(/C#N)C(=O)NC(c1ccccc1)c1ccccc1. The van der Waals surface area contributed by atoms with Crippen LogP contribution in [0.3, 0.4) is 0 Å². The van der Waals surface area contributed by atoms with Crippen molar-refractivity contribution in [3.63, 3.8) is 0 Å². The first-order valence-corrected chi connectivity index (χ1v) is 9.63. The second-order valence-corrected chi connectivity index (χ2v) is 6.68. The summed E-state index contributed by atoms with van der Waals surface area (Å²) in [7, 11) is 1.37. The molecule has 3 aromatic rings. The third-order valence-corrected chi connectivity index (χ3v) is 4.67. The number of hydrogen-bond donors (Lipinski definition) is 2. The van der Waals surface area contributed by atoms with Crippen molar-refractivity contribution < 1.29 is 14.5 Å². The normalized spacial score (nSPS) is 10.8. The molecule has 8 nitrogen and oxygen atoms in total. The minimum absolute atomic E-state index is 0.136. The molecular formula is C24H20N4O4. The van der Waals surface area contributed by atoms with Gasteiger partial charge in [-0.3, -0.25) is 14.9 Å². The third-order valence-electron chi connectivity index (χ3n) is 4.67. The van der Waals surface area contributed by atoms with Crippen molar-refractivity contribution in [3.05, 3.63) is 112 Å². The summed E-state index contributed by atoms with van der Waals surface area (Å²) in [5.74, 6) is -0.363. The minimum atomic E-state index is -0.571. The van der Waals surface area contributed by atoms with Crippen LogP contribution in [0.2, 0.25) is 0 Å². The van der Waals surface area contributed by atoms with Crippen molar-refractivity contribution in [2.45, 2.75) is 6.04 Å². The van der Waals surface area contributed by atoms with Crippen LogP contribution in [0.25, 0.3) is 0 Å². The fourth-order valence-corrected chi connectivity index (χ4v) is 3.07. The van der Waals surface area contributed by atoms with Gasteiger partial charge in [-0.1, -0.05) is 60.7 Å². The number of amides is 1. The predicted molar refractivity (Wildman–Crippen MR) is 120 cm³/mol. The molecule has 0 radical (unpaired) electrons. The summed E-state index contributed by atoms with van der Waals surface area (Å²) < 4.78 is 5.16. The van der Waals surface area contributed by atoms with Crippen LogP contribution in [0.5, 0.6) is 5.75 Å². The number of hydrogen-bond acceptors (Lipinski definition) is 6. The van der Waals surface area contributed by atoms with Gasteiger partial charge in [0, 0.05) is 12.3 Å². The maximum absolute atomic E-state index is 12.9. The van der Waals surface area contributed by atoms with Crippen LogP contribution < -0.4 is 15.4 Å². The van der Waals surface area contributed by atoms with Crippen LogP contribution in [-0.4, -0.2) is 17.9 Å². The zero-order valence-electron chi connectivity index (χ0n) is 17.2. The third kappa shape index (κ3) is 5.29. The summed E-state index contributed by atoms with van der Waals surface area (Å²) >= 11 is 0. The molecule has 0 aliphatic rings. The van der Waals surface area contributed by atoms with E-state index in [-0.39, 0.29) is 17.0 Å². The van der Waals surface area contributed by atoms with Crippen molar-refractivity contribution in [2.24, 2.45) is 0 Å². The minimum Gasteiger partial charge on any atom is -0.494 e. The molecule has 0 aliphatic heterocycles. The fourth-order valence-electron chi connectivity index (χ4n) is 3.07. The van der Waals surface area contributed by atoms with Crippen LogP contribution in [0.15, 0.2) is 90.6 Å². The Morgan fingerprint density at radius 3 is 2.16 bits per heavy atom. The highest BCUT2D eigenvalue weighted by Crippen LogP contribution is 2.29. The van der Waals surface area contributed by atoms with E-state index < -0.39 is 16.9 Å². The second-order valence-electron chi connectivity index (χ2n) is 6.68. The van der Waals surface area contributed by atoms with Crippen molar-refractivity contribution in [1.29, 1.82) is 5.26 Å². The van der Waals surface area contributed by atoms with Gasteiger partial charge in [0.2, 0.25) is 0 Å². The van der Waals surface area contributed by atoms with Crippen LogP contribution in [0, 0.1) is 21.4 Å². The second kappa shape index (κ2) is 10.4. The van der Waals surface area contributed by atoms with Gasteiger partial charge in [0.15, 0.2) is 0 Å². The van der Waals surface area contributed by atoms with E-state index in [1.807, 2.05) is 66.7 Å². The number of nitrogens with zero attached hydrogens (tertiary/aromatic N) is 2. The van der Waals surface area contributed by atoms with Gasteiger partial charge in [-0.15, -0.1) is 0 Å². The van der Waals surface area contributed by atoms with Gasteiger partial charge in [-0.25, -0.2) is 0 Å². The molecule has 0 spiro atoms. The molecule has 8 heteroatoms. The lowest BCUT2D eigenvalue weighted by Crippen LogP contribution is -2.30. The maximum atomic E-state index is 12.9. The Bertz CT molecular complexity index is 1130. The highest BCUT2D eigenvalue weighted by Gasteiger charge is 2.19. The molecule has 0 unspecified atom stereocenters. The lowest BCUT2D eigenvalue weighted by molar-refractivity contribution is -0.384. The first-order chi connectivity index (χ1) is 15.5. The molecule has 1 amide bonds. The van der Waals surface area contributed by atoms with Gasteiger partial charge < -0.3 is 15.4 Å². The Morgan fingerprint density at radius 1 is 1.06 bits per heavy atom. The Labute approximate surface area is 184 Å². The number of rotatable bonds is 8. The highest BCUT2D eigenvalue weighted by atomic mass is 16.6. The molecule has 0 saturated carbocycles. The van der Waals surface area contributed by atoms with Crippen molar-refractivity contribution >= 4 is 17.3 Å². The summed E-state index contributed by atoms with van der Waals surface area (Å²) in [5, 5.41) is 26.2. The van der Waals surface area contributed by atoms with Crippen molar-refractivity contribution in [2.75, 3.05) is 12.4 Å². The quantitative estimate of drug-likeness (QED) is 0.239. The van der Waals surface area contributed by atoms with Gasteiger partial charge in [0.1, 0.15) is 17.4 Å². The molecule has 0 bridgehead atoms. The van der Waals surface area contributed by atoms with Gasteiger partial charge in [0.25, 0.3) is 11.6 Å². The number of methoxy groups -OCH3 is 1. The Hall–Kier alpha value is -4.64. The Kier molecular flexibility index (Phi) is 7.17. The zero-order valence-corrected chi connectivity index (χ0v) is 17.2. The number of carbonyl (C=O) groups is 1. The predicted octanol–water partition coefficient (Wildman–Crippen LogP) is 4.33. The first kappa shape index (κ1) is 22.1. The molecule has 0 heterocycles. The van der Waals surface area contributed by atoms with Gasteiger partial charge in [0.05, 0.1) is 29.8 Å². The summed E-state index contributed by atoms with van der Waals surface area (Å²) in [5.41, 5.74) is 1.82. The average Bonchev–Trinajstić information content (AvgIpc) is 2.83. The van der Waals surface area contributed by atoms with Gasteiger partial charge in [-0.05, 0) is 17.2 Å². The molecule has 3 rings (SSSR count). The number of anilines is 1. The molecule has 0 aromatic heterocycles. The van der Waals surface area contributed by atoms with Crippen LogP contribution >= 0.6 is 0 Å². The summed E-state index contributed by atoms with van der Waals surface area (Å²) in [6, 6.07) is 24.3. The molecule has 0 atom stereocenters. The van der Waals surface area contributed by atoms with E-state index in [1.165, 1.54) is 31.5 Å². The standard InChI is InChI=1S/C24H20N4O4/c1-32-22-14-20(28(30)31)12-13-21(22)26-16-19(15-25)24(29)27-23(17-8-4-2-5-9-17)18-10-6-3-7-11-18/h2-14,16,23,26H,1H3,(H,27,29)/b19-16-. The summed E-state index contributed by atoms with van der Waals surface area (Å²) in [6.07, 6.45) is 1.24. The van der Waals surface area contributed by atoms with E-state index in [1.54, 1.807) is 0 Å². The summed E-state index contributed by atoms with van der Waals surface area (Å²) in [6.45, 7) is 0. The molecular weight excluding hydrogens is 408 g/mol. The largest absolute Gasteiger partial charge is 0.494 e. The van der Waals surface area contributed by atoms with E-state index in [2.05, 4.69) is 10.6 Å². The molecule has 0 aliphatic carbocycles. The number of benzene rings is 3. The highest BCUT2D eigenvalue weighted by molar-refractivity contribution is 5.98. The van der Waals surface area contributed by atoms with Crippen LogP contribution in [-0.2, 0) is 4.79 Å². The lowest BCUT2D eigenvalue weighted by atomic mass is 9.98. The number of nitro groups is 1. The van der Waals surface area contributed by atoms with E-state index >= 15 is 0 Å². The van der Waals surface area contributed by atoms with Gasteiger partial charge in [-0.2, -0.15) is 5.26 Å². The van der Waals surface area contributed by atoms with Crippen molar-refractivity contribution in [1.82, 2.24) is 5.32 Å². The smallest absolute Gasteiger partial charge is 0.273 e. The average molecular weight is 428 g/mol. The Balaban J connectivity index is 1.84. The van der Waals surface area contributed by atoms with E-state index in [0.717, 1.165) is 11.1 Å². The lowest BCUT2D eigenvalue weighted by Gasteiger charge is -2.19. The van der Waals surface area contributed by atoms with E-state index in [9.17, 15) is 20.2 Å². The molecule has 2 N–H and O–H groups in total. The monoisotopic (exact) mass is 428 g/mol. The molecule has 160 valence electrons. The van der Waals surface area contributed by atoms with Crippen LogP contribution in [0.4, 0.5) is 11.4 Å². The number of carbonyl (C=O) groups excluding carboxylic acids is 1. The topological polar surface area (TPSA) is 117 Å². The first-order valence-electron chi connectivity index (χ1n) is 9.63. The van der Waals surface area contributed by atoms with Crippen LogP contribution in [0.1, 0.15) is 17.2 Å². The van der Waals surface area contributed by atoms with E-state index in [4.69, 9.17) is 4.74 Å². The molecule has 32 heavy (non-hydrogen) atoms. The molecule has 0 fully saturated rings. The Morgan fingerprint density at radius 2 is 1.66 bits per heavy atom. The molecule has 0 saturated heterocycles. The maximum Gasteiger partial charge on any atom is 0.273 e.